The summed E-state index contributed by atoms with van der Waals surface area (Å²) in [6.07, 6.45) is 0. The molecular formula is C19H24IN5O. The second-order valence-electron chi connectivity index (χ2n) is 6.21. The van der Waals surface area contributed by atoms with Crippen molar-refractivity contribution in [1.82, 2.24) is 15.1 Å². The van der Waals surface area contributed by atoms with E-state index < -0.39 is 0 Å². The van der Waals surface area contributed by atoms with Crippen molar-refractivity contribution in [3.8, 4) is 0 Å². The molecule has 1 fully saturated rings. The number of anilines is 2. The Hall–Kier alpha value is -1.90. The highest BCUT2D eigenvalue weighted by atomic mass is 127. The zero-order valence-corrected chi connectivity index (χ0v) is 17.4. The predicted octanol–water partition coefficient (Wildman–Crippen LogP) is 2.89. The molecule has 26 heavy (non-hydrogen) atoms. The summed E-state index contributed by atoms with van der Waals surface area (Å²) >= 11 is 2.25. The Morgan fingerprint density at radius 3 is 2.19 bits per heavy atom. The first kappa shape index (κ1) is 18.9. The van der Waals surface area contributed by atoms with Crippen molar-refractivity contribution in [2.45, 2.75) is 13.8 Å². The van der Waals surface area contributed by atoms with Crippen LogP contribution in [0.4, 0.5) is 11.6 Å². The fourth-order valence-electron chi connectivity index (χ4n) is 3.12. The van der Waals surface area contributed by atoms with Crippen LogP contribution in [0.2, 0.25) is 0 Å². The van der Waals surface area contributed by atoms with Gasteiger partial charge in [0.1, 0.15) is 0 Å². The molecule has 0 atom stereocenters. The highest BCUT2D eigenvalue weighted by Gasteiger charge is 2.23. The third-order valence-electron chi connectivity index (χ3n) is 4.71. The lowest BCUT2D eigenvalue weighted by Gasteiger charge is -2.35. The predicted molar refractivity (Wildman–Crippen MR) is 113 cm³/mol. The summed E-state index contributed by atoms with van der Waals surface area (Å²) in [5, 5.41) is 8.75. The maximum Gasteiger partial charge on any atom is 0.253 e. The smallest absolute Gasteiger partial charge is 0.253 e. The van der Waals surface area contributed by atoms with Crippen LogP contribution in [0.15, 0.2) is 36.4 Å². The van der Waals surface area contributed by atoms with E-state index >= 15 is 0 Å². The second kappa shape index (κ2) is 8.66. The molecule has 138 valence electrons. The summed E-state index contributed by atoms with van der Waals surface area (Å²) in [5.41, 5.74) is 0.752. The Morgan fingerprint density at radius 1 is 1.00 bits per heavy atom. The molecule has 1 amide bonds. The maximum absolute atomic E-state index is 12.6. The van der Waals surface area contributed by atoms with Gasteiger partial charge in [0.2, 0.25) is 0 Å². The van der Waals surface area contributed by atoms with Crippen LogP contribution in [0.5, 0.6) is 0 Å². The quantitative estimate of drug-likeness (QED) is 0.636. The van der Waals surface area contributed by atoms with Crippen molar-refractivity contribution >= 4 is 40.1 Å². The molecule has 2 heterocycles. The minimum atomic E-state index is 0.101. The monoisotopic (exact) mass is 465 g/mol. The van der Waals surface area contributed by atoms with Crippen molar-refractivity contribution in [2.75, 3.05) is 49.1 Å². The lowest BCUT2D eigenvalue weighted by Crippen LogP contribution is -2.49. The molecule has 0 spiro atoms. The number of aromatic nitrogens is 2. The van der Waals surface area contributed by atoms with E-state index in [2.05, 4.69) is 56.4 Å². The number of piperazine rings is 1. The van der Waals surface area contributed by atoms with E-state index in [1.807, 2.05) is 41.3 Å². The Kier molecular flexibility index (Phi) is 6.29. The van der Waals surface area contributed by atoms with Gasteiger partial charge in [-0.25, -0.2) is 0 Å². The van der Waals surface area contributed by atoms with E-state index in [4.69, 9.17) is 0 Å². The fraction of sp³-hybridized carbons (Fsp3) is 0.421. The van der Waals surface area contributed by atoms with Gasteiger partial charge in [-0.05, 0) is 72.8 Å². The number of nitrogens with zero attached hydrogens (tertiary/aromatic N) is 5. The topological polar surface area (TPSA) is 52.6 Å². The molecule has 0 saturated carbocycles. The molecule has 2 aromatic rings. The van der Waals surface area contributed by atoms with Gasteiger partial charge in [0.15, 0.2) is 11.6 Å². The molecule has 0 bridgehead atoms. The van der Waals surface area contributed by atoms with Crippen molar-refractivity contribution in [1.29, 1.82) is 0 Å². The molecule has 0 radical (unpaired) electrons. The Bertz CT molecular complexity index is 723. The standard InChI is InChI=1S/C19H24IN5O/c1-3-23(4-2)17-9-10-18(22-21-17)24-11-13-25(14-12-24)19(26)15-5-7-16(20)8-6-15/h5-10H,3-4,11-14H2,1-2H3. The molecule has 1 aromatic carbocycles. The first-order valence-corrected chi connectivity index (χ1v) is 10.1. The third-order valence-corrected chi connectivity index (χ3v) is 5.43. The highest BCUT2D eigenvalue weighted by molar-refractivity contribution is 14.1. The number of hydrogen-bond acceptors (Lipinski definition) is 5. The van der Waals surface area contributed by atoms with Crippen molar-refractivity contribution < 1.29 is 4.79 Å². The SMILES string of the molecule is CCN(CC)c1ccc(N2CCN(C(=O)c3ccc(I)cc3)CC2)nn1. The van der Waals surface area contributed by atoms with Crippen LogP contribution in [0, 0.1) is 3.57 Å². The molecule has 1 aliphatic heterocycles. The summed E-state index contributed by atoms with van der Waals surface area (Å²) in [4.78, 5) is 18.9. The molecule has 1 aliphatic rings. The van der Waals surface area contributed by atoms with Gasteiger partial charge in [0.25, 0.3) is 5.91 Å². The molecule has 3 rings (SSSR count). The van der Waals surface area contributed by atoms with Crippen LogP contribution in [0.1, 0.15) is 24.2 Å². The minimum absolute atomic E-state index is 0.101. The summed E-state index contributed by atoms with van der Waals surface area (Å²) in [6, 6.07) is 11.8. The van der Waals surface area contributed by atoms with Crippen LogP contribution in [0.3, 0.4) is 0 Å². The number of carbonyl (C=O) groups excluding carboxylic acids is 1. The van der Waals surface area contributed by atoms with E-state index in [0.29, 0.717) is 13.1 Å². The number of amides is 1. The van der Waals surface area contributed by atoms with Gasteiger partial charge in [0.05, 0.1) is 0 Å². The summed E-state index contributed by atoms with van der Waals surface area (Å²) in [5.74, 6) is 1.89. The summed E-state index contributed by atoms with van der Waals surface area (Å²) in [7, 11) is 0. The largest absolute Gasteiger partial charge is 0.356 e. The van der Waals surface area contributed by atoms with Crippen molar-refractivity contribution in [3.63, 3.8) is 0 Å². The first-order valence-electron chi connectivity index (χ1n) is 9.00. The van der Waals surface area contributed by atoms with Gasteiger partial charge in [-0.3, -0.25) is 4.79 Å². The van der Waals surface area contributed by atoms with Gasteiger partial charge in [-0.15, -0.1) is 10.2 Å². The van der Waals surface area contributed by atoms with Gasteiger partial charge in [-0.1, -0.05) is 0 Å². The van der Waals surface area contributed by atoms with E-state index in [1.165, 1.54) is 0 Å². The van der Waals surface area contributed by atoms with Gasteiger partial charge in [-0.2, -0.15) is 0 Å². The van der Waals surface area contributed by atoms with Crippen molar-refractivity contribution in [3.05, 3.63) is 45.5 Å². The van der Waals surface area contributed by atoms with Crippen LogP contribution in [0.25, 0.3) is 0 Å². The van der Waals surface area contributed by atoms with Crippen LogP contribution >= 0.6 is 22.6 Å². The molecule has 7 heteroatoms. The number of benzene rings is 1. The Labute approximate surface area is 168 Å². The number of hydrogen-bond donors (Lipinski definition) is 0. The van der Waals surface area contributed by atoms with Gasteiger partial charge in [0, 0.05) is 48.4 Å². The van der Waals surface area contributed by atoms with Crippen molar-refractivity contribution in [2.24, 2.45) is 0 Å². The maximum atomic E-state index is 12.6. The Morgan fingerprint density at radius 2 is 1.65 bits per heavy atom. The molecule has 0 unspecified atom stereocenters. The lowest BCUT2D eigenvalue weighted by atomic mass is 10.2. The number of carbonyl (C=O) groups is 1. The van der Waals surface area contributed by atoms with E-state index in [9.17, 15) is 4.79 Å². The summed E-state index contributed by atoms with van der Waals surface area (Å²) in [6.45, 7) is 9.01. The second-order valence-corrected chi connectivity index (χ2v) is 7.45. The molecule has 0 aliphatic carbocycles. The van der Waals surface area contributed by atoms with Crippen LogP contribution < -0.4 is 9.80 Å². The zero-order valence-electron chi connectivity index (χ0n) is 15.2. The average molecular weight is 465 g/mol. The molecule has 1 saturated heterocycles. The van der Waals surface area contributed by atoms with Gasteiger partial charge < -0.3 is 14.7 Å². The van der Waals surface area contributed by atoms with E-state index in [1.54, 1.807) is 0 Å². The lowest BCUT2D eigenvalue weighted by molar-refractivity contribution is 0.0746. The number of halogens is 1. The van der Waals surface area contributed by atoms with Crippen LogP contribution in [-0.2, 0) is 0 Å². The highest BCUT2D eigenvalue weighted by Crippen LogP contribution is 2.17. The first-order chi connectivity index (χ1) is 12.6. The third kappa shape index (κ3) is 4.25. The zero-order chi connectivity index (χ0) is 18.5. The minimum Gasteiger partial charge on any atom is -0.356 e. The average Bonchev–Trinajstić information content (AvgIpc) is 2.70. The molecule has 1 aromatic heterocycles. The van der Waals surface area contributed by atoms with E-state index in [0.717, 1.165) is 46.9 Å². The molecule has 0 N–H and O–H groups in total. The molecular weight excluding hydrogens is 441 g/mol. The normalized spacial score (nSPS) is 14.4. The van der Waals surface area contributed by atoms with E-state index in [-0.39, 0.29) is 5.91 Å². The van der Waals surface area contributed by atoms with Gasteiger partial charge >= 0.3 is 0 Å². The Balaban J connectivity index is 1.59. The van der Waals surface area contributed by atoms with Crippen LogP contribution in [-0.4, -0.2) is 60.3 Å². The number of rotatable bonds is 5. The fourth-order valence-corrected chi connectivity index (χ4v) is 3.48. The molecule has 6 nitrogen and oxygen atoms in total. The summed E-state index contributed by atoms with van der Waals surface area (Å²) < 4.78 is 1.13.